The fraction of sp³-hybridized carbons (Fsp3) is 0.467. The molecule has 2 aromatic heterocycles. The molecule has 7 nitrogen and oxygen atoms in total. The zero-order valence-corrected chi connectivity index (χ0v) is 13.3. The Balaban J connectivity index is 1.89. The SMILES string of the molecule is CCc1nc(C2CN(c3nc(C(F)(F)F)ccc3C#N)CCO2)n[nH]1. The first kappa shape index (κ1) is 17.2. The number of nitriles is 1. The van der Waals surface area contributed by atoms with Crippen molar-refractivity contribution in [2.24, 2.45) is 0 Å². The Morgan fingerprint density at radius 1 is 1.40 bits per heavy atom. The molecule has 1 aliphatic rings. The zero-order valence-electron chi connectivity index (χ0n) is 13.3. The molecule has 0 radical (unpaired) electrons. The Bertz CT molecular complexity index is 797. The van der Waals surface area contributed by atoms with Crippen LogP contribution in [-0.2, 0) is 17.3 Å². The topological polar surface area (TPSA) is 90.7 Å². The number of rotatable bonds is 3. The van der Waals surface area contributed by atoms with Gasteiger partial charge in [0.25, 0.3) is 0 Å². The highest BCUT2D eigenvalue weighted by molar-refractivity contribution is 5.55. The molecular formula is C15H15F3N6O. The second-order valence-electron chi connectivity index (χ2n) is 5.48. The molecule has 0 aliphatic carbocycles. The van der Waals surface area contributed by atoms with Gasteiger partial charge in [0.1, 0.15) is 29.5 Å². The highest BCUT2D eigenvalue weighted by Gasteiger charge is 2.34. The standard InChI is InChI=1S/C15H15F3N6O/c1-2-12-21-13(23-22-12)10-8-24(5-6-25-10)14-9(7-19)3-4-11(20-14)15(16,17)18/h3-4,10H,2,5-6,8H2,1H3,(H,21,22,23). The second kappa shape index (κ2) is 6.68. The van der Waals surface area contributed by atoms with Gasteiger partial charge in [-0.25, -0.2) is 9.97 Å². The smallest absolute Gasteiger partial charge is 0.366 e. The molecule has 10 heteroatoms. The Hall–Kier alpha value is -2.67. The van der Waals surface area contributed by atoms with Crippen molar-refractivity contribution in [1.29, 1.82) is 5.26 Å². The van der Waals surface area contributed by atoms with E-state index < -0.39 is 18.0 Å². The largest absolute Gasteiger partial charge is 0.433 e. The molecule has 3 rings (SSSR count). The first-order chi connectivity index (χ1) is 11.9. The van der Waals surface area contributed by atoms with E-state index in [9.17, 15) is 18.4 Å². The molecule has 0 saturated carbocycles. The number of ether oxygens (including phenoxy) is 1. The summed E-state index contributed by atoms with van der Waals surface area (Å²) < 4.78 is 44.4. The number of aromatic nitrogens is 4. The number of aryl methyl sites for hydroxylation is 1. The fourth-order valence-corrected chi connectivity index (χ4v) is 2.54. The molecule has 1 N–H and O–H groups in total. The lowest BCUT2D eigenvalue weighted by Crippen LogP contribution is -2.40. The van der Waals surface area contributed by atoms with Gasteiger partial charge in [0, 0.05) is 13.0 Å². The first-order valence-electron chi connectivity index (χ1n) is 7.68. The Morgan fingerprint density at radius 2 is 2.20 bits per heavy atom. The van der Waals surface area contributed by atoms with E-state index in [1.807, 2.05) is 13.0 Å². The highest BCUT2D eigenvalue weighted by Crippen LogP contribution is 2.32. The summed E-state index contributed by atoms with van der Waals surface area (Å²) in [6, 6.07) is 3.83. The average Bonchev–Trinajstić information content (AvgIpc) is 3.10. The van der Waals surface area contributed by atoms with Crippen molar-refractivity contribution in [3.63, 3.8) is 0 Å². The zero-order chi connectivity index (χ0) is 18.0. The normalized spacial score (nSPS) is 18.2. The Morgan fingerprint density at radius 3 is 2.84 bits per heavy atom. The van der Waals surface area contributed by atoms with Gasteiger partial charge in [-0.3, -0.25) is 5.10 Å². The summed E-state index contributed by atoms with van der Waals surface area (Å²) in [5.41, 5.74) is -0.950. The van der Waals surface area contributed by atoms with Crippen LogP contribution in [0.3, 0.4) is 0 Å². The molecule has 2 aromatic rings. The molecule has 0 aromatic carbocycles. The summed E-state index contributed by atoms with van der Waals surface area (Å²) >= 11 is 0. The van der Waals surface area contributed by atoms with Crippen LogP contribution in [0.4, 0.5) is 19.0 Å². The molecule has 1 atom stereocenters. The third-order valence-electron chi connectivity index (χ3n) is 3.82. The molecule has 25 heavy (non-hydrogen) atoms. The lowest BCUT2D eigenvalue weighted by Gasteiger charge is -2.33. The number of halogens is 3. The van der Waals surface area contributed by atoms with E-state index in [0.29, 0.717) is 24.6 Å². The minimum Gasteiger partial charge on any atom is -0.366 e. The summed E-state index contributed by atoms with van der Waals surface area (Å²) in [6.45, 7) is 2.72. The van der Waals surface area contributed by atoms with Crippen molar-refractivity contribution in [2.75, 3.05) is 24.6 Å². The van der Waals surface area contributed by atoms with Crippen LogP contribution in [0.25, 0.3) is 0 Å². The number of H-pyrrole nitrogens is 1. The molecule has 0 amide bonds. The minimum absolute atomic E-state index is 0.00289. The lowest BCUT2D eigenvalue weighted by atomic mass is 10.2. The maximum Gasteiger partial charge on any atom is 0.433 e. The van der Waals surface area contributed by atoms with E-state index >= 15 is 0 Å². The highest BCUT2D eigenvalue weighted by atomic mass is 19.4. The minimum atomic E-state index is -4.58. The number of morpholine rings is 1. The predicted octanol–water partition coefficient (Wildman–Crippen LogP) is 2.23. The van der Waals surface area contributed by atoms with Crippen LogP contribution in [0.15, 0.2) is 12.1 Å². The van der Waals surface area contributed by atoms with Gasteiger partial charge in [0.2, 0.25) is 0 Å². The van der Waals surface area contributed by atoms with Gasteiger partial charge < -0.3 is 9.64 Å². The van der Waals surface area contributed by atoms with Gasteiger partial charge >= 0.3 is 6.18 Å². The molecule has 0 spiro atoms. The summed E-state index contributed by atoms with van der Waals surface area (Å²) in [7, 11) is 0. The summed E-state index contributed by atoms with van der Waals surface area (Å²) in [5, 5.41) is 16.1. The van der Waals surface area contributed by atoms with Crippen LogP contribution >= 0.6 is 0 Å². The van der Waals surface area contributed by atoms with Crippen molar-refractivity contribution in [3.8, 4) is 6.07 Å². The van der Waals surface area contributed by atoms with E-state index in [1.165, 1.54) is 0 Å². The molecule has 0 bridgehead atoms. The van der Waals surface area contributed by atoms with Gasteiger partial charge in [-0.05, 0) is 12.1 Å². The van der Waals surface area contributed by atoms with Crippen LogP contribution in [0, 0.1) is 11.3 Å². The Kier molecular flexibility index (Phi) is 4.59. The maximum absolute atomic E-state index is 12.9. The van der Waals surface area contributed by atoms with Crippen molar-refractivity contribution < 1.29 is 17.9 Å². The number of aromatic amines is 1. The summed E-state index contributed by atoms with van der Waals surface area (Å²) in [5.74, 6) is 1.13. The molecule has 132 valence electrons. The quantitative estimate of drug-likeness (QED) is 0.911. The van der Waals surface area contributed by atoms with Gasteiger partial charge in [0.05, 0.1) is 18.7 Å². The van der Waals surface area contributed by atoms with Crippen LogP contribution in [0.5, 0.6) is 0 Å². The van der Waals surface area contributed by atoms with Crippen LogP contribution in [0.1, 0.15) is 35.9 Å². The number of hydrogen-bond donors (Lipinski definition) is 1. The molecule has 1 fully saturated rings. The number of nitrogens with zero attached hydrogens (tertiary/aromatic N) is 5. The first-order valence-corrected chi connectivity index (χ1v) is 7.68. The third kappa shape index (κ3) is 3.56. The second-order valence-corrected chi connectivity index (χ2v) is 5.48. The maximum atomic E-state index is 12.9. The monoisotopic (exact) mass is 352 g/mol. The van der Waals surface area contributed by atoms with Gasteiger partial charge in [-0.15, -0.1) is 0 Å². The van der Waals surface area contributed by atoms with Gasteiger partial charge in [-0.1, -0.05) is 6.92 Å². The van der Waals surface area contributed by atoms with Crippen molar-refractivity contribution >= 4 is 5.82 Å². The van der Waals surface area contributed by atoms with E-state index in [2.05, 4.69) is 20.2 Å². The number of pyridine rings is 1. The van der Waals surface area contributed by atoms with E-state index in [4.69, 9.17) is 4.74 Å². The Labute approximate surface area is 141 Å². The molecule has 1 aliphatic heterocycles. The molecular weight excluding hydrogens is 337 g/mol. The third-order valence-corrected chi connectivity index (χ3v) is 3.82. The van der Waals surface area contributed by atoms with Crippen molar-refractivity contribution in [3.05, 3.63) is 35.0 Å². The number of alkyl halides is 3. The van der Waals surface area contributed by atoms with E-state index in [1.54, 1.807) is 4.90 Å². The van der Waals surface area contributed by atoms with Crippen molar-refractivity contribution in [2.45, 2.75) is 25.6 Å². The fourth-order valence-electron chi connectivity index (χ4n) is 2.54. The number of nitrogens with one attached hydrogen (secondary N) is 1. The molecule has 1 saturated heterocycles. The average molecular weight is 352 g/mol. The number of anilines is 1. The predicted molar refractivity (Wildman–Crippen MR) is 80.6 cm³/mol. The van der Waals surface area contributed by atoms with Gasteiger partial charge in [0.15, 0.2) is 5.82 Å². The van der Waals surface area contributed by atoms with E-state index in [-0.39, 0.29) is 24.5 Å². The molecule has 3 heterocycles. The summed E-state index contributed by atoms with van der Waals surface area (Å²) in [6.07, 6.45) is -4.40. The van der Waals surface area contributed by atoms with E-state index in [0.717, 1.165) is 12.1 Å². The van der Waals surface area contributed by atoms with Crippen LogP contribution in [0.2, 0.25) is 0 Å². The lowest BCUT2D eigenvalue weighted by molar-refractivity contribution is -0.141. The number of hydrogen-bond acceptors (Lipinski definition) is 6. The van der Waals surface area contributed by atoms with Gasteiger partial charge in [-0.2, -0.15) is 23.5 Å². The summed E-state index contributed by atoms with van der Waals surface area (Å²) in [4.78, 5) is 9.56. The molecule has 1 unspecified atom stereocenters. The van der Waals surface area contributed by atoms with Crippen LogP contribution < -0.4 is 4.90 Å². The van der Waals surface area contributed by atoms with Crippen molar-refractivity contribution in [1.82, 2.24) is 20.2 Å². The van der Waals surface area contributed by atoms with Crippen LogP contribution in [-0.4, -0.2) is 39.9 Å².